The molecule has 7 nitrogen and oxygen atoms in total. The number of aliphatic carboxylic acids is 1. The fourth-order valence-corrected chi connectivity index (χ4v) is 3.60. The van der Waals surface area contributed by atoms with Crippen molar-refractivity contribution in [2.75, 3.05) is 23.8 Å². The lowest BCUT2D eigenvalue weighted by Gasteiger charge is -2.09. The van der Waals surface area contributed by atoms with Gasteiger partial charge < -0.3 is 20.5 Å². The number of carboxylic acid groups (broad SMARTS) is 1. The number of hydrogen-bond acceptors (Lipinski definition) is 5. The second-order valence-corrected chi connectivity index (χ2v) is 6.67. The van der Waals surface area contributed by atoms with E-state index in [9.17, 15) is 14.4 Å². The van der Waals surface area contributed by atoms with E-state index in [1.165, 1.54) is 11.3 Å². The molecule has 0 fully saturated rings. The first kappa shape index (κ1) is 19.6. The minimum absolute atomic E-state index is 0.306. The van der Waals surface area contributed by atoms with Crippen molar-refractivity contribution in [1.82, 2.24) is 0 Å². The number of para-hydroxylation sites is 1. The summed E-state index contributed by atoms with van der Waals surface area (Å²) in [5.74, 6) is -1.97. The van der Waals surface area contributed by atoms with E-state index in [4.69, 9.17) is 9.84 Å². The third kappa shape index (κ3) is 5.14. The number of carbonyl (C=O) groups is 3. The highest BCUT2D eigenvalue weighted by molar-refractivity contribution is 7.16. The van der Waals surface area contributed by atoms with E-state index in [2.05, 4.69) is 10.6 Å². The van der Waals surface area contributed by atoms with E-state index >= 15 is 0 Å². The van der Waals surface area contributed by atoms with Crippen molar-refractivity contribution in [2.24, 2.45) is 0 Å². The molecule has 0 aliphatic carbocycles. The van der Waals surface area contributed by atoms with Gasteiger partial charge in [0.2, 0.25) is 0 Å². The molecule has 0 radical (unpaired) electrons. The number of aryl methyl sites for hydroxylation is 1. The normalized spacial score (nSPS) is 10.4. The van der Waals surface area contributed by atoms with Gasteiger partial charge in [0.15, 0.2) is 0 Å². The highest BCUT2D eigenvalue weighted by Crippen LogP contribution is 2.34. The standard InChI is InChI=1S/C18H20N2O5S/c1-3-13-11(2)26-18(20-14(21)9-25-10-15(22)23)16(13)17(24)19-12-7-5-4-6-8-12/h4-8H,3,9-10H2,1-2H3,(H,19,24)(H,20,21)(H,22,23). The van der Waals surface area contributed by atoms with Crippen LogP contribution in [0.2, 0.25) is 0 Å². The summed E-state index contributed by atoms with van der Waals surface area (Å²) < 4.78 is 4.78. The summed E-state index contributed by atoms with van der Waals surface area (Å²) in [7, 11) is 0. The van der Waals surface area contributed by atoms with Crippen LogP contribution >= 0.6 is 11.3 Å². The van der Waals surface area contributed by atoms with Crippen LogP contribution in [-0.2, 0) is 20.7 Å². The minimum atomic E-state index is -1.15. The second kappa shape index (κ2) is 9.12. The molecule has 0 bridgehead atoms. The van der Waals surface area contributed by atoms with Crippen LogP contribution in [0.25, 0.3) is 0 Å². The minimum Gasteiger partial charge on any atom is -0.480 e. The van der Waals surface area contributed by atoms with Crippen LogP contribution in [0.4, 0.5) is 10.7 Å². The first-order valence-corrected chi connectivity index (χ1v) is 8.82. The molecule has 0 unspecified atom stereocenters. The molecule has 1 heterocycles. The van der Waals surface area contributed by atoms with Crippen molar-refractivity contribution in [3.05, 3.63) is 46.3 Å². The van der Waals surface area contributed by atoms with Gasteiger partial charge in [0.05, 0.1) is 5.56 Å². The summed E-state index contributed by atoms with van der Waals surface area (Å²) >= 11 is 1.31. The predicted molar refractivity (Wildman–Crippen MR) is 99.9 cm³/mol. The van der Waals surface area contributed by atoms with Crippen molar-refractivity contribution in [3.8, 4) is 0 Å². The highest BCUT2D eigenvalue weighted by Gasteiger charge is 2.22. The molecule has 0 saturated heterocycles. The Hall–Kier alpha value is -2.71. The number of nitrogens with one attached hydrogen (secondary N) is 2. The zero-order chi connectivity index (χ0) is 19.1. The summed E-state index contributed by atoms with van der Waals surface area (Å²) in [4.78, 5) is 36.1. The summed E-state index contributed by atoms with van der Waals surface area (Å²) in [5.41, 5.74) is 1.95. The van der Waals surface area contributed by atoms with Crippen LogP contribution in [0.3, 0.4) is 0 Å². The molecule has 2 rings (SSSR count). The van der Waals surface area contributed by atoms with Gasteiger partial charge in [-0.25, -0.2) is 4.79 Å². The fraction of sp³-hybridized carbons (Fsp3) is 0.278. The number of anilines is 2. The van der Waals surface area contributed by atoms with Crippen LogP contribution in [0.15, 0.2) is 30.3 Å². The van der Waals surface area contributed by atoms with Gasteiger partial charge in [0.25, 0.3) is 11.8 Å². The molecule has 2 aromatic rings. The van der Waals surface area contributed by atoms with Gasteiger partial charge in [-0.1, -0.05) is 25.1 Å². The Balaban J connectivity index is 2.17. The number of carbonyl (C=O) groups excluding carboxylic acids is 2. The van der Waals surface area contributed by atoms with Gasteiger partial charge in [-0.15, -0.1) is 11.3 Å². The summed E-state index contributed by atoms with van der Waals surface area (Å²) in [6.45, 7) is 2.87. The largest absolute Gasteiger partial charge is 0.480 e. The topological polar surface area (TPSA) is 105 Å². The van der Waals surface area contributed by atoms with Gasteiger partial charge >= 0.3 is 5.97 Å². The van der Waals surface area contributed by atoms with E-state index in [0.29, 0.717) is 22.7 Å². The monoisotopic (exact) mass is 376 g/mol. The maximum atomic E-state index is 12.7. The number of ether oxygens (including phenoxy) is 1. The van der Waals surface area contributed by atoms with Crippen LogP contribution in [-0.4, -0.2) is 36.1 Å². The molecular weight excluding hydrogens is 356 g/mol. The molecule has 0 saturated carbocycles. The van der Waals surface area contributed by atoms with Gasteiger partial charge in [-0.05, 0) is 31.0 Å². The Bertz CT molecular complexity index is 801. The Morgan fingerprint density at radius 1 is 1.12 bits per heavy atom. The molecule has 138 valence electrons. The fourth-order valence-electron chi connectivity index (χ4n) is 2.44. The van der Waals surface area contributed by atoms with Crippen molar-refractivity contribution >= 4 is 39.8 Å². The van der Waals surface area contributed by atoms with Gasteiger partial charge in [-0.3, -0.25) is 9.59 Å². The first-order chi connectivity index (χ1) is 12.4. The number of hydrogen-bond donors (Lipinski definition) is 3. The van der Waals surface area contributed by atoms with Crippen LogP contribution in [0.5, 0.6) is 0 Å². The zero-order valence-electron chi connectivity index (χ0n) is 14.5. The van der Waals surface area contributed by atoms with Crippen LogP contribution < -0.4 is 10.6 Å². The molecule has 0 aliphatic heterocycles. The Morgan fingerprint density at radius 3 is 2.42 bits per heavy atom. The number of benzene rings is 1. The lowest BCUT2D eigenvalue weighted by atomic mass is 10.1. The number of amides is 2. The molecule has 1 aromatic carbocycles. The molecule has 26 heavy (non-hydrogen) atoms. The average molecular weight is 376 g/mol. The molecule has 0 aliphatic rings. The van der Waals surface area contributed by atoms with E-state index < -0.39 is 25.1 Å². The van der Waals surface area contributed by atoms with Gasteiger partial charge in [0.1, 0.15) is 18.2 Å². The molecule has 8 heteroatoms. The van der Waals surface area contributed by atoms with E-state index in [-0.39, 0.29) is 5.91 Å². The molecule has 2 amide bonds. The molecule has 3 N–H and O–H groups in total. The number of thiophene rings is 1. The maximum Gasteiger partial charge on any atom is 0.329 e. The van der Waals surface area contributed by atoms with Gasteiger partial charge in [0, 0.05) is 10.6 Å². The molecule has 0 atom stereocenters. The predicted octanol–water partition coefficient (Wildman–Crippen LogP) is 2.91. The molecule has 1 aromatic heterocycles. The highest BCUT2D eigenvalue weighted by atomic mass is 32.1. The molecule has 0 spiro atoms. The van der Waals surface area contributed by atoms with Gasteiger partial charge in [-0.2, -0.15) is 0 Å². The molecular formula is C18H20N2O5S. The first-order valence-electron chi connectivity index (χ1n) is 8.00. The smallest absolute Gasteiger partial charge is 0.329 e. The lowest BCUT2D eigenvalue weighted by Crippen LogP contribution is -2.22. The Kier molecular flexibility index (Phi) is 6.88. The van der Waals surface area contributed by atoms with Crippen molar-refractivity contribution in [1.29, 1.82) is 0 Å². The SMILES string of the molecule is CCc1c(C)sc(NC(=O)COCC(=O)O)c1C(=O)Nc1ccccc1. The third-order valence-corrected chi connectivity index (χ3v) is 4.60. The Labute approximate surface area is 155 Å². The van der Waals surface area contributed by atoms with Crippen molar-refractivity contribution in [3.63, 3.8) is 0 Å². The maximum absolute atomic E-state index is 12.7. The number of rotatable bonds is 8. The van der Waals surface area contributed by atoms with Crippen molar-refractivity contribution in [2.45, 2.75) is 20.3 Å². The summed E-state index contributed by atoms with van der Waals surface area (Å²) in [6.07, 6.45) is 0.644. The van der Waals surface area contributed by atoms with E-state index in [1.807, 2.05) is 32.0 Å². The van der Waals surface area contributed by atoms with E-state index in [0.717, 1.165) is 10.4 Å². The summed E-state index contributed by atoms with van der Waals surface area (Å²) in [6, 6.07) is 9.04. The second-order valence-electron chi connectivity index (χ2n) is 5.45. The quantitative estimate of drug-likeness (QED) is 0.657. The van der Waals surface area contributed by atoms with Crippen LogP contribution in [0.1, 0.15) is 27.7 Å². The lowest BCUT2D eigenvalue weighted by molar-refractivity contribution is -0.143. The number of carboxylic acids is 1. The van der Waals surface area contributed by atoms with E-state index in [1.54, 1.807) is 12.1 Å². The third-order valence-electron chi connectivity index (χ3n) is 3.53. The Morgan fingerprint density at radius 2 is 1.81 bits per heavy atom. The summed E-state index contributed by atoms with van der Waals surface area (Å²) in [5, 5.41) is 14.4. The van der Waals surface area contributed by atoms with Crippen LogP contribution in [0, 0.1) is 6.92 Å². The van der Waals surface area contributed by atoms with Crippen molar-refractivity contribution < 1.29 is 24.2 Å². The zero-order valence-corrected chi connectivity index (χ0v) is 15.3. The average Bonchev–Trinajstić information content (AvgIpc) is 2.90.